The molecule has 3 nitrogen and oxygen atoms in total. The number of aliphatic hydroxyl groups excluding tert-OH is 1. The van der Waals surface area contributed by atoms with E-state index < -0.39 is 17.8 Å². The van der Waals surface area contributed by atoms with Crippen LogP contribution in [0.15, 0.2) is 36.7 Å². The van der Waals surface area contributed by atoms with Gasteiger partial charge in [0.2, 0.25) is 0 Å². The Morgan fingerprint density at radius 1 is 1.17 bits per heavy atom. The van der Waals surface area contributed by atoms with E-state index in [1.54, 1.807) is 13.2 Å². The highest BCUT2D eigenvalue weighted by molar-refractivity contribution is 5.30. The lowest BCUT2D eigenvalue weighted by Crippen LogP contribution is -2.05. The van der Waals surface area contributed by atoms with Gasteiger partial charge in [-0.15, -0.1) is 0 Å². The van der Waals surface area contributed by atoms with E-state index in [4.69, 9.17) is 0 Å². The molecule has 1 atom stereocenters. The molecule has 0 aliphatic heterocycles. The number of aromatic nitrogens is 2. The molecular formula is C12H11F3N2O. The van der Waals surface area contributed by atoms with Gasteiger partial charge in [-0.1, -0.05) is 12.1 Å². The van der Waals surface area contributed by atoms with Gasteiger partial charge in [0.05, 0.1) is 11.8 Å². The summed E-state index contributed by atoms with van der Waals surface area (Å²) in [5, 5.41) is 13.9. The van der Waals surface area contributed by atoms with Gasteiger partial charge in [0, 0.05) is 18.8 Å². The zero-order valence-corrected chi connectivity index (χ0v) is 9.52. The van der Waals surface area contributed by atoms with Crippen molar-refractivity contribution in [3.05, 3.63) is 53.3 Å². The predicted octanol–water partition coefficient (Wildman–Crippen LogP) is 2.52. The second-order valence-corrected chi connectivity index (χ2v) is 3.97. The van der Waals surface area contributed by atoms with Gasteiger partial charge in [0.15, 0.2) is 0 Å². The van der Waals surface area contributed by atoms with Crippen molar-refractivity contribution in [3.8, 4) is 0 Å². The SMILES string of the molecule is Cn1cc(C(O)c2ccc(C(F)(F)F)cc2)cn1. The van der Waals surface area contributed by atoms with Crippen molar-refractivity contribution in [2.24, 2.45) is 7.05 Å². The molecular weight excluding hydrogens is 245 g/mol. The first-order chi connectivity index (χ1) is 8.38. The number of alkyl halides is 3. The zero-order chi connectivity index (χ0) is 13.3. The number of nitrogens with zero attached hydrogens (tertiary/aromatic N) is 2. The number of benzene rings is 1. The Hall–Kier alpha value is -1.82. The first-order valence-corrected chi connectivity index (χ1v) is 5.21. The fraction of sp³-hybridized carbons (Fsp3) is 0.250. The molecule has 2 rings (SSSR count). The fourth-order valence-electron chi connectivity index (χ4n) is 1.63. The van der Waals surface area contributed by atoms with E-state index in [9.17, 15) is 18.3 Å². The fourth-order valence-corrected chi connectivity index (χ4v) is 1.63. The van der Waals surface area contributed by atoms with Crippen LogP contribution in [0.2, 0.25) is 0 Å². The number of rotatable bonds is 2. The lowest BCUT2D eigenvalue weighted by Gasteiger charge is -2.11. The van der Waals surface area contributed by atoms with Crippen LogP contribution in [0.4, 0.5) is 13.2 Å². The maximum absolute atomic E-state index is 12.4. The lowest BCUT2D eigenvalue weighted by atomic mass is 10.0. The molecule has 0 spiro atoms. The van der Waals surface area contributed by atoms with E-state index in [2.05, 4.69) is 5.10 Å². The third-order valence-electron chi connectivity index (χ3n) is 2.59. The molecule has 0 aliphatic rings. The van der Waals surface area contributed by atoms with Crippen molar-refractivity contribution >= 4 is 0 Å². The van der Waals surface area contributed by atoms with Crippen molar-refractivity contribution in [1.29, 1.82) is 0 Å². The van der Waals surface area contributed by atoms with Crippen molar-refractivity contribution in [2.75, 3.05) is 0 Å². The van der Waals surface area contributed by atoms with Crippen molar-refractivity contribution < 1.29 is 18.3 Å². The van der Waals surface area contributed by atoms with Gasteiger partial charge in [0.25, 0.3) is 0 Å². The molecule has 0 saturated carbocycles. The monoisotopic (exact) mass is 256 g/mol. The normalized spacial score (nSPS) is 13.6. The first-order valence-electron chi connectivity index (χ1n) is 5.21. The smallest absolute Gasteiger partial charge is 0.384 e. The zero-order valence-electron chi connectivity index (χ0n) is 9.52. The maximum Gasteiger partial charge on any atom is 0.416 e. The molecule has 1 heterocycles. The molecule has 18 heavy (non-hydrogen) atoms. The van der Waals surface area contributed by atoms with Crippen LogP contribution >= 0.6 is 0 Å². The number of aryl methyl sites for hydroxylation is 1. The molecule has 1 unspecified atom stereocenters. The minimum absolute atomic E-state index is 0.399. The molecule has 96 valence electrons. The van der Waals surface area contributed by atoms with E-state index in [1.807, 2.05) is 0 Å². The Labute approximate surface area is 101 Å². The summed E-state index contributed by atoms with van der Waals surface area (Å²) in [4.78, 5) is 0. The average molecular weight is 256 g/mol. The second-order valence-electron chi connectivity index (χ2n) is 3.97. The molecule has 6 heteroatoms. The van der Waals surface area contributed by atoms with E-state index in [0.29, 0.717) is 11.1 Å². The topological polar surface area (TPSA) is 38.0 Å². The van der Waals surface area contributed by atoms with E-state index in [0.717, 1.165) is 12.1 Å². The number of halogens is 3. The maximum atomic E-state index is 12.4. The average Bonchev–Trinajstić information content (AvgIpc) is 2.74. The summed E-state index contributed by atoms with van der Waals surface area (Å²) in [6.07, 6.45) is -2.25. The Kier molecular flexibility index (Phi) is 3.13. The van der Waals surface area contributed by atoms with Crippen molar-refractivity contribution in [3.63, 3.8) is 0 Å². The summed E-state index contributed by atoms with van der Waals surface area (Å²) in [7, 11) is 1.70. The molecule has 1 aromatic heterocycles. The van der Waals surface area contributed by atoms with Gasteiger partial charge in [-0.05, 0) is 17.7 Å². The van der Waals surface area contributed by atoms with Gasteiger partial charge in [-0.2, -0.15) is 18.3 Å². The Bertz CT molecular complexity index is 531. The predicted molar refractivity (Wildman–Crippen MR) is 58.7 cm³/mol. The van der Waals surface area contributed by atoms with E-state index in [-0.39, 0.29) is 0 Å². The molecule has 0 aliphatic carbocycles. The van der Waals surface area contributed by atoms with Crippen LogP contribution in [0.25, 0.3) is 0 Å². The minimum Gasteiger partial charge on any atom is -0.384 e. The van der Waals surface area contributed by atoms with Gasteiger partial charge in [-0.25, -0.2) is 0 Å². The van der Waals surface area contributed by atoms with Crippen LogP contribution in [0.3, 0.4) is 0 Å². The highest BCUT2D eigenvalue weighted by Gasteiger charge is 2.30. The summed E-state index contributed by atoms with van der Waals surface area (Å²) in [5.74, 6) is 0. The Morgan fingerprint density at radius 2 is 1.78 bits per heavy atom. The largest absolute Gasteiger partial charge is 0.416 e. The molecule has 0 radical (unpaired) electrons. The molecule has 0 amide bonds. The van der Waals surface area contributed by atoms with Crippen LogP contribution in [-0.4, -0.2) is 14.9 Å². The van der Waals surface area contributed by atoms with Crippen LogP contribution in [0.1, 0.15) is 22.8 Å². The summed E-state index contributed by atoms with van der Waals surface area (Å²) < 4.78 is 38.6. The lowest BCUT2D eigenvalue weighted by molar-refractivity contribution is -0.137. The number of aliphatic hydroxyl groups is 1. The van der Waals surface area contributed by atoms with E-state index in [1.165, 1.54) is 23.0 Å². The number of hydrogen-bond acceptors (Lipinski definition) is 2. The summed E-state index contributed by atoms with van der Waals surface area (Å²) >= 11 is 0. The third kappa shape index (κ3) is 2.53. The highest BCUT2D eigenvalue weighted by atomic mass is 19.4. The van der Waals surface area contributed by atoms with Crippen LogP contribution in [-0.2, 0) is 13.2 Å². The van der Waals surface area contributed by atoms with Crippen molar-refractivity contribution in [1.82, 2.24) is 9.78 Å². The van der Waals surface area contributed by atoms with Gasteiger partial charge in [-0.3, -0.25) is 4.68 Å². The standard InChI is InChI=1S/C12H11F3N2O/c1-17-7-9(6-16-17)11(18)8-2-4-10(5-3-8)12(13,14)15/h2-7,11,18H,1H3. The van der Waals surface area contributed by atoms with Crippen molar-refractivity contribution in [2.45, 2.75) is 12.3 Å². The first kappa shape index (κ1) is 12.6. The van der Waals surface area contributed by atoms with Crippen LogP contribution < -0.4 is 0 Å². The second kappa shape index (κ2) is 4.45. The van der Waals surface area contributed by atoms with Crippen LogP contribution in [0.5, 0.6) is 0 Å². The number of hydrogen-bond donors (Lipinski definition) is 1. The quantitative estimate of drug-likeness (QED) is 0.896. The molecule has 0 bridgehead atoms. The molecule has 0 saturated heterocycles. The Balaban J connectivity index is 2.24. The highest BCUT2D eigenvalue weighted by Crippen LogP contribution is 2.30. The molecule has 0 fully saturated rings. The minimum atomic E-state index is -4.36. The van der Waals surface area contributed by atoms with Gasteiger partial charge >= 0.3 is 6.18 Å². The van der Waals surface area contributed by atoms with Gasteiger partial charge < -0.3 is 5.11 Å². The molecule has 1 N–H and O–H groups in total. The molecule has 2 aromatic rings. The van der Waals surface area contributed by atoms with Gasteiger partial charge in [0.1, 0.15) is 6.10 Å². The van der Waals surface area contributed by atoms with E-state index >= 15 is 0 Å². The summed E-state index contributed by atoms with van der Waals surface area (Å²) in [5.41, 5.74) is 0.206. The van der Waals surface area contributed by atoms with Crippen LogP contribution in [0, 0.1) is 0 Å². The molecule has 1 aromatic carbocycles. The summed E-state index contributed by atoms with van der Waals surface area (Å²) in [6, 6.07) is 4.44. The third-order valence-corrected chi connectivity index (χ3v) is 2.59. The Morgan fingerprint density at radius 3 is 2.22 bits per heavy atom. The summed E-state index contributed by atoms with van der Waals surface area (Å²) in [6.45, 7) is 0.